The zero-order valence-electron chi connectivity index (χ0n) is 18.0. The predicted molar refractivity (Wildman–Crippen MR) is 124 cm³/mol. The Kier molecular flexibility index (Phi) is 6.17. The van der Waals surface area contributed by atoms with Crippen LogP contribution in [0.5, 0.6) is 5.75 Å². The van der Waals surface area contributed by atoms with Crippen molar-refractivity contribution in [3.05, 3.63) is 90.4 Å². The Morgan fingerprint density at radius 3 is 2.36 bits per heavy atom. The molecule has 166 valence electrons. The Morgan fingerprint density at radius 1 is 0.970 bits per heavy atom. The second-order valence-electron chi connectivity index (χ2n) is 7.23. The van der Waals surface area contributed by atoms with Crippen LogP contribution in [0.25, 0.3) is 16.9 Å². The van der Waals surface area contributed by atoms with Gasteiger partial charge in [-0.1, -0.05) is 18.2 Å². The smallest absolute Gasteiger partial charge is 0.259 e. The number of nitrogens with zero attached hydrogens (tertiary/aromatic N) is 2. The van der Waals surface area contributed by atoms with Crippen LogP contribution in [0.1, 0.15) is 17.3 Å². The van der Waals surface area contributed by atoms with E-state index in [4.69, 9.17) is 4.74 Å². The number of nitrogens with one attached hydrogen (secondary N) is 2. The molecule has 2 N–H and O–H groups in total. The molecule has 0 spiro atoms. The second-order valence-corrected chi connectivity index (χ2v) is 7.23. The van der Waals surface area contributed by atoms with Crippen molar-refractivity contribution < 1.29 is 18.7 Å². The number of amides is 2. The van der Waals surface area contributed by atoms with Crippen LogP contribution in [0.15, 0.2) is 79.0 Å². The number of para-hydroxylation sites is 1. The lowest BCUT2D eigenvalue weighted by molar-refractivity contribution is -0.114. The third kappa shape index (κ3) is 4.90. The highest BCUT2D eigenvalue weighted by Gasteiger charge is 2.19. The summed E-state index contributed by atoms with van der Waals surface area (Å²) in [5.74, 6) is -0.755. The minimum Gasteiger partial charge on any atom is -0.497 e. The molecular weight excluding hydrogens is 423 g/mol. The van der Waals surface area contributed by atoms with Gasteiger partial charge in [-0.25, -0.2) is 9.07 Å². The van der Waals surface area contributed by atoms with Crippen LogP contribution in [0.2, 0.25) is 0 Å². The summed E-state index contributed by atoms with van der Waals surface area (Å²) in [5.41, 5.74) is 2.64. The number of methoxy groups -OCH3 is 1. The Bertz CT molecular complexity index is 1300. The molecule has 0 fully saturated rings. The van der Waals surface area contributed by atoms with E-state index in [1.54, 1.807) is 30.1 Å². The lowest BCUT2D eigenvalue weighted by Gasteiger charge is -2.09. The number of hydrogen-bond donors (Lipinski definition) is 2. The normalized spacial score (nSPS) is 10.5. The highest BCUT2D eigenvalue weighted by atomic mass is 19.1. The Balaban J connectivity index is 1.71. The van der Waals surface area contributed by atoms with E-state index in [-0.39, 0.29) is 5.69 Å². The highest BCUT2D eigenvalue weighted by Crippen LogP contribution is 2.27. The van der Waals surface area contributed by atoms with Gasteiger partial charge in [0.05, 0.1) is 24.0 Å². The van der Waals surface area contributed by atoms with Gasteiger partial charge in [0.25, 0.3) is 5.91 Å². The fourth-order valence-corrected chi connectivity index (χ4v) is 3.30. The maximum Gasteiger partial charge on any atom is 0.259 e. The summed E-state index contributed by atoms with van der Waals surface area (Å²) < 4.78 is 20.8. The number of anilines is 2. The quantitative estimate of drug-likeness (QED) is 0.443. The van der Waals surface area contributed by atoms with Crippen LogP contribution < -0.4 is 15.4 Å². The van der Waals surface area contributed by atoms with E-state index in [1.165, 1.54) is 25.1 Å². The van der Waals surface area contributed by atoms with Crippen molar-refractivity contribution in [2.24, 2.45) is 0 Å². The Morgan fingerprint density at radius 2 is 1.70 bits per heavy atom. The Labute approximate surface area is 189 Å². The molecule has 0 aliphatic rings. The van der Waals surface area contributed by atoms with Crippen LogP contribution >= 0.6 is 0 Å². The lowest BCUT2D eigenvalue weighted by Crippen LogP contribution is -2.13. The standard InChI is InChI=1S/C25H21FN4O3/c1-16(31)27-23-14-18(10-13-22(23)26)28-25(32)21-15-30(19-6-4-3-5-7-19)29-24(21)17-8-11-20(33-2)12-9-17/h3-15H,1-2H3,(H,27,31)(H,28,32). The molecule has 1 aromatic heterocycles. The zero-order chi connectivity index (χ0) is 23.4. The molecule has 0 saturated heterocycles. The van der Waals surface area contributed by atoms with Gasteiger partial charge in [-0.15, -0.1) is 0 Å². The van der Waals surface area contributed by atoms with E-state index < -0.39 is 17.6 Å². The first-order chi connectivity index (χ1) is 15.9. The van der Waals surface area contributed by atoms with Gasteiger partial charge in [-0.05, 0) is 54.6 Å². The minimum absolute atomic E-state index is 0.0179. The number of carbonyl (C=O) groups excluding carboxylic acids is 2. The van der Waals surface area contributed by atoms with E-state index in [9.17, 15) is 14.0 Å². The number of hydrogen-bond acceptors (Lipinski definition) is 4. The zero-order valence-corrected chi connectivity index (χ0v) is 18.0. The fraction of sp³-hybridized carbons (Fsp3) is 0.0800. The summed E-state index contributed by atoms with van der Waals surface area (Å²) in [5, 5.41) is 9.81. The number of halogens is 1. The van der Waals surface area contributed by atoms with Crippen LogP contribution in [0.4, 0.5) is 15.8 Å². The SMILES string of the molecule is COc1ccc(-c2nn(-c3ccccc3)cc2C(=O)Nc2ccc(F)c(NC(C)=O)c2)cc1. The highest BCUT2D eigenvalue weighted by molar-refractivity contribution is 6.08. The van der Waals surface area contributed by atoms with E-state index in [2.05, 4.69) is 15.7 Å². The third-order valence-corrected chi connectivity index (χ3v) is 4.88. The molecule has 0 unspecified atom stereocenters. The van der Waals surface area contributed by atoms with Gasteiger partial charge >= 0.3 is 0 Å². The molecule has 8 heteroatoms. The minimum atomic E-state index is -0.598. The molecule has 0 aliphatic carbocycles. The number of carbonyl (C=O) groups is 2. The van der Waals surface area contributed by atoms with Crippen molar-refractivity contribution in [2.45, 2.75) is 6.92 Å². The summed E-state index contributed by atoms with van der Waals surface area (Å²) in [6.45, 7) is 1.28. The van der Waals surface area contributed by atoms with Crippen molar-refractivity contribution >= 4 is 23.2 Å². The summed E-state index contributed by atoms with van der Waals surface area (Å²) in [6, 6.07) is 20.6. The molecule has 0 radical (unpaired) electrons. The molecule has 3 aromatic carbocycles. The van der Waals surface area contributed by atoms with Gasteiger partial charge in [0.1, 0.15) is 17.3 Å². The van der Waals surface area contributed by atoms with Crippen molar-refractivity contribution in [2.75, 3.05) is 17.7 Å². The summed E-state index contributed by atoms with van der Waals surface area (Å²) in [7, 11) is 1.58. The van der Waals surface area contributed by atoms with Crippen molar-refractivity contribution in [3.8, 4) is 22.7 Å². The van der Waals surface area contributed by atoms with Crippen LogP contribution in [-0.2, 0) is 4.79 Å². The molecule has 0 aliphatic heterocycles. The maximum atomic E-state index is 14.0. The molecule has 0 atom stereocenters. The van der Waals surface area contributed by atoms with Gasteiger partial charge in [0.2, 0.25) is 5.91 Å². The van der Waals surface area contributed by atoms with Crippen molar-refractivity contribution in [1.29, 1.82) is 0 Å². The van der Waals surface area contributed by atoms with Crippen LogP contribution in [0, 0.1) is 5.82 Å². The molecule has 4 rings (SSSR count). The van der Waals surface area contributed by atoms with E-state index in [0.29, 0.717) is 22.7 Å². The fourth-order valence-electron chi connectivity index (χ4n) is 3.30. The van der Waals surface area contributed by atoms with Gasteiger partial charge in [0.15, 0.2) is 0 Å². The number of aromatic nitrogens is 2. The average molecular weight is 444 g/mol. The first-order valence-corrected chi connectivity index (χ1v) is 10.1. The molecule has 0 bridgehead atoms. The number of ether oxygens (including phenoxy) is 1. The molecule has 1 heterocycles. The Hall–Kier alpha value is -4.46. The predicted octanol–water partition coefficient (Wildman–Crippen LogP) is 4.90. The van der Waals surface area contributed by atoms with Gasteiger partial charge in [-0.3, -0.25) is 9.59 Å². The van der Waals surface area contributed by atoms with Crippen LogP contribution in [-0.4, -0.2) is 28.7 Å². The number of benzene rings is 3. The molecule has 33 heavy (non-hydrogen) atoms. The van der Waals surface area contributed by atoms with Crippen LogP contribution in [0.3, 0.4) is 0 Å². The van der Waals surface area contributed by atoms with Gasteiger partial charge in [-0.2, -0.15) is 5.10 Å². The monoisotopic (exact) mass is 444 g/mol. The largest absolute Gasteiger partial charge is 0.497 e. The molecule has 4 aromatic rings. The molecule has 7 nitrogen and oxygen atoms in total. The summed E-state index contributed by atoms with van der Waals surface area (Å²) in [4.78, 5) is 24.5. The maximum absolute atomic E-state index is 14.0. The van der Waals surface area contributed by atoms with Gasteiger partial charge < -0.3 is 15.4 Å². The number of rotatable bonds is 6. The third-order valence-electron chi connectivity index (χ3n) is 4.88. The summed E-state index contributed by atoms with van der Waals surface area (Å²) >= 11 is 0. The topological polar surface area (TPSA) is 85.2 Å². The van der Waals surface area contributed by atoms with E-state index in [1.807, 2.05) is 42.5 Å². The molecule has 2 amide bonds. The average Bonchev–Trinajstić information content (AvgIpc) is 3.27. The second kappa shape index (κ2) is 9.35. The molecule has 0 saturated carbocycles. The first-order valence-electron chi connectivity index (χ1n) is 10.1. The van der Waals surface area contributed by atoms with E-state index in [0.717, 1.165) is 11.3 Å². The van der Waals surface area contributed by atoms with Crippen molar-refractivity contribution in [1.82, 2.24) is 9.78 Å². The molecular formula is C25H21FN4O3. The first kappa shape index (κ1) is 21.8. The van der Waals surface area contributed by atoms with Crippen molar-refractivity contribution in [3.63, 3.8) is 0 Å². The van der Waals surface area contributed by atoms with E-state index >= 15 is 0 Å². The van der Waals surface area contributed by atoms with Gasteiger partial charge in [0, 0.05) is 24.4 Å². The summed E-state index contributed by atoms with van der Waals surface area (Å²) in [6.07, 6.45) is 1.64. The lowest BCUT2D eigenvalue weighted by atomic mass is 10.1.